The van der Waals surface area contributed by atoms with Gasteiger partial charge in [0.2, 0.25) is 5.82 Å². The van der Waals surface area contributed by atoms with Gasteiger partial charge in [-0.3, -0.25) is 0 Å². The van der Waals surface area contributed by atoms with Crippen LogP contribution in [0.1, 0.15) is 22.7 Å². The first kappa shape index (κ1) is 15.4. The topological polar surface area (TPSA) is 26.0 Å². The zero-order chi connectivity index (χ0) is 15.9. The molecule has 2 rings (SSSR count). The van der Waals surface area contributed by atoms with Gasteiger partial charge < -0.3 is 5.73 Å². The van der Waals surface area contributed by atoms with E-state index in [1.807, 2.05) is 0 Å². The first-order valence-electron chi connectivity index (χ1n) is 5.78. The molecule has 112 valence electrons. The standard InChI is InChI=1S/C14H9F6N/c1-5-2-3-6(4-7(5)15)14(21)8-9(16)11(18)13(20)12(19)10(8)17/h2-4,14H,21H2,1H3. The molecular weight excluding hydrogens is 296 g/mol. The van der Waals surface area contributed by atoms with E-state index in [-0.39, 0.29) is 11.1 Å². The summed E-state index contributed by atoms with van der Waals surface area (Å²) in [5.41, 5.74) is 4.47. The van der Waals surface area contributed by atoms with Crippen molar-refractivity contribution in [3.8, 4) is 0 Å². The van der Waals surface area contributed by atoms with Crippen LogP contribution in [-0.4, -0.2) is 0 Å². The summed E-state index contributed by atoms with van der Waals surface area (Å²) in [6, 6.07) is 1.74. The zero-order valence-corrected chi connectivity index (χ0v) is 10.7. The van der Waals surface area contributed by atoms with E-state index in [4.69, 9.17) is 5.73 Å². The van der Waals surface area contributed by atoms with Crippen molar-refractivity contribution in [2.24, 2.45) is 5.73 Å². The minimum absolute atomic E-state index is 0.110. The van der Waals surface area contributed by atoms with Crippen LogP contribution in [0.5, 0.6) is 0 Å². The third kappa shape index (κ3) is 2.49. The molecule has 0 aromatic heterocycles. The molecule has 7 heteroatoms. The van der Waals surface area contributed by atoms with Gasteiger partial charge in [-0.15, -0.1) is 0 Å². The summed E-state index contributed by atoms with van der Waals surface area (Å²) in [7, 11) is 0. The highest BCUT2D eigenvalue weighted by atomic mass is 19.2. The van der Waals surface area contributed by atoms with E-state index in [2.05, 4.69) is 0 Å². The molecule has 0 saturated heterocycles. The van der Waals surface area contributed by atoms with E-state index >= 15 is 0 Å². The Morgan fingerprint density at radius 2 is 1.29 bits per heavy atom. The van der Waals surface area contributed by atoms with Gasteiger partial charge in [-0.1, -0.05) is 12.1 Å². The predicted molar refractivity (Wildman–Crippen MR) is 63.4 cm³/mol. The van der Waals surface area contributed by atoms with Crippen molar-refractivity contribution in [1.82, 2.24) is 0 Å². The predicted octanol–water partition coefficient (Wildman–Crippen LogP) is 3.88. The molecular formula is C14H9F6N. The first-order valence-corrected chi connectivity index (χ1v) is 5.78. The molecule has 2 aromatic carbocycles. The summed E-state index contributed by atoms with van der Waals surface area (Å²) in [5.74, 6) is -11.2. The van der Waals surface area contributed by atoms with Gasteiger partial charge >= 0.3 is 0 Å². The fourth-order valence-electron chi connectivity index (χ4n) is 1.86. The fourth-order valence-corrected chi connectivity index (χ4v) is 1.86. The molecule has 1 unspecified atom stereocenters. The lowest BCUT2D eigenvalue weighted by molar-refractivity contribution is 0.367. The van der Waals surface area contributed by atoms with Crippen LogP contribution in [0.15, 0.2) is 18.2 Å². The highest BCUT2D eigenvalue weighted by molar-refractivity contribution is 5.36. The van der Waals surface area contributed by atoms with Gasteiger partial charge in [0.15, 0.2) is 23.3 Å². The summed E-state index contributed by atoms with van der Waals surface area (Å²) < 4.78 is 79.9. The van der Waals surface area contributed by atoms with E-state index in [0.717, 1.165) is 6.07 Å². The Kier molecular flexibility index (Phi) is 3.95. The number of nitrogens with two attached hydrogens (primary N) is 1. The van der Waals surface area contributed by atoms with Crippen LogP contribution < -0.4 is 5.73 Å². The van der Waals surface area contributed by atoms with Gasteiger partial charge in [0, 0.05) is 0 Å². The lowest BCUT2D eigenvalue weighted by Crippen LogP contribution is -2.19. The molecule has 2 aromatic rings. The Hall–Kier alpha value is -2.02. The molecule has 0 aliphatic carbocycles. The van der Waals surface area contributed by atoms with Crippen molar-refractivity contribution in [3.63, 3.8) is 0 Å². The van der Waals surface area contributed by atoms with Gasteiger partial charge in [-0.25, -0.2) is 26.3 Å². The molecule has 0 heterocycles. The largest absolute Gasteiger partial charge is 0.320 e. The van der Waals surface area contributed by atoms with Gasteiger partial charge in [0.05, 0.1) is 11.6 Å². The number of rotatable bonds is 2. The van der Waals surface area contributed by atoms with Gasteiger partial charge in [0.25, 0.3) is 0 Å². The summed E-state index contributed by atoms with van der Waals surface area (Å²) in [6.07, 6.45) is 0. The number of halogens is 6. The van der Waals surface area contributed by atoms with Gasteiger partial charge in [-0.05, 0) is 24.1 Å². The lowest BCUT2D eigenvalue weighted by atomic mass is 9.97. The second-order valence-electron chi connectivity index (χ2n) is 4.47. The monoisotopic (exact) mass is 305 g/mol. The molecule has 2 N–H and O–H groups in total. The summed E-state index contributed by atoms with van der Waals surface area (Å²) in [5, 5.41) is 0. The molecule has 0 amide bonds. The molecule has 0 aliphatic rings. The number of hydrogen-bond donors (Lipinski definition) is 1. The van der Waals surface area contributed by atoms with E-state index < -0.39 is 46.5 Å². The highest BCUT2D eigenvalue weighted by Gasteiger charge is 2.29. The van der Waals surface area contributed by atoms with Gasteiger partial charge in [-0.2, -0.15) is 0 Å². The molecule has 1 atom stereocenters. The molecule has 21 heavy (non-hydrogen) atoms. The molecule has 0 spiro atoms. The minimum Gasteiger partial charge on any atom is -0.320 e. The maximum Gasteiger partial charge on any atom is 0.200 e. The summed E-state index contributed by atoms with van der Waals surface area (Å²) >= 11 is 0. The van der Waals surface area contributed by atoms with Crippen LogP contribution >= 0.6 is 0 Å². The quantitative estimate of drug-likeness (QED) is 0.508. The molecule has 0 aliphatic heterocycles. The van der Waals surface area contributed by atoms with Crippen molar-refractivity contribution in [1.29, 1.82) is 0 Å². The fraction of sp³-hybridized carbons (Fsp3) is 0.143. The highest BCUT2D eigenvalue weighted by Crippen LogP contribution is 2.30. The van der Waals surface area contributed by atoms with E-state index in [0.29, 0.717) is 0 Å². The smallest absolute Gasteiger partial charge is 0.200 e. The summed E-state index contributed by atoms with van der Waals surface area (Å²) in [4.78, 5) is 0. The molecule has 0 radical (unpaired) electrons. The van der Waals surface area contributed by atoms with Crippen molar-refractivity contribution < 1.29 is 26.3 Å². The van der Waals surface area contributed by atoms with Crippen LogP contribution in [-0.2, 0) is 0 Å². The second kappa shape index (κ2) is 5.40. The van der Waals surface area contributed by atoms with Crippen LogP contribution in [0.4, 0.5) is 26.3 Å². The van der Waals surface area contributed by atoms with E-state index in [9.17, 15) is 26.3 Å². The van der Waals surface area contributed by atoms with E-state index in [1.165, 1.54) is 19.1 Å². The molecule has 1 nitrogen and oxygen atoms in total. The number of aryl methyl sites for hydroxylation is 1. The minimum atomic E-state index is -2.27. The zero-order valence-electron chi connectivity index (χ0n) is 10.7. The average molecular weight is 305 g/mol. The maximum absolute atomic E-state index is 13.6. The Balaban J connectivity index is 2.63. The molecule has 0 saturated carbocycles. The van der Waals surface area contributed by atoms with Crippen LogP contribution in [0.2, 0.25) is 0 Å². The third-order valence-electron chi connectivity index (χ3n) is 3.11. The van der Waals surface area contributed by atoms with Crippen LogP contribution in [0, 0.1) is 41.8 Å². The lowest BCUT2D eigenvalue weighted by Gasteiger charge is -2.16. The molecule has 0 bridgehead atoms. The van der Waals surface area contributed by atoms with Crippen molar-refractivity contribution in [2.45, 2.75) is 13.0 Å². The number of benzene rings is 2. The average Bonchev–Trinajstić information content (AvgIpc) is 2.46. The maximum atomic E-state index is 13.6. The first-order chi connectivity index (χ1) is 9.75. The van der Waals surface area contributed by atoms with Crippen LogP contribution in [0.25, 0.3) is 0 Å². The van der Waals surface area contributed by atoms with E-state index in [1.54, 1.807) is 0 Å². The van der Waals surface area contributed by atoms with Crippen molar-refractivity contribution in [3.05, 3.63) is 69.8 Å². The molecule has 0 fully saturated rings. The Morgan fingerprint density at radius 1 is 0.810 bits per heavy atom. The summed E-state index contributed by atoms with van der Waals surface area (Å²) in [6.45, 7) is 1.45. The Morgan fingerprint density at radius 3 is 1.76 bits per heavy atom. The van der Waals surface area contributed by atoms with Crippen LogP contribution in [0.3, 0.4) is 0 Å². The normalized spacial score (nSPS) is 12.6. The number of hydrogen-bond acceptors (Lipinski definition) is 1. The third-order valence-corrected chi connectivity index (χ3v) is 3.11. The Labute approximate surface area is 116 Å². The van der Waals surface area contributed by atoms with Gasteiger partial charge in [0.1, 0.15) is 5.82 Å². The van der Waals surface area contributed by atoms with Crippen molar-refractivity contribution in [2.75, 3.05) is 0 Å². The second-order valence-corrected chi connectivity index (χ2v) is 4.47. The Bertz CT molecular complexity index is 684. The SMILES string of the molecule is Cc1ccc(C(N)c2c(F)c(F)c(F)c(F)c2F)cc1F. The van der Waals surface area contributed by atoms with Crippen molar-refractivity contribution >= 4 is 0 Å².